The lowest BCUT2D eigenvalue weighted by Crippen LogP contribution is -2.59. The van der Waals surface area contributed by atoms with Crippen molar-refractivity contribution >= 4 is 28.0 Å². The zero-order valence-corrected chi connectivity index (χ0v) is 16.7. The van der Waals surface area contributed by atoms with Crippen LogP contribution in [0.5, 0.6) is 0 Å². The third-order valence-electron chi connectivity index (χ3n) is 6.84. The molecule has 0 radical (unpaired) electrons. The Morgan fingerprint density at radius 1 is 1.03 bits per heavy atom. The Balaban J connectivity index is 1.50. The minimum absolute atomic E-state index is 0.0546. The number of piperazine rings is 1. The van der Waals surface area contributed by atoms with Crippen LogP contribution >= 0.6 is 0 Å². The van der Waals surface area contributed by atoms with E-state index in [1.165, 1.54) is 38.9 Å². The molecule has 6 rings (SSSR count). The molecule has 146 valence electrons. The van der Waals surface area contributed by atoms with Crippen molar-refractivity contribution in [3.05, 3.63) is 71.4 Å². The number of H-pyrrole nitrogens is 1. The molecule has 1 aliphatic carbocycles. The van der Waals surface area contributed by atoms with E-state index in [0.29, 0.717) is 5.91 Å². The normalized spacial score (nSPS) is 23.6. The predicted octanol–water partition coefficient (Wildman–Crippen LogP) is 4.46. The van der Waals surface area contributed by atoms with Crippen molar-refractivity contribution < 1.29 is 4.79 Å². The van der Waals surface area contributed by atoms with Gasteiger partial charge in [0.25, 0.3) is 0 Å². The van der Waals surface area contributed by atoms with Gasteiger partial charge in [0.05, 0.1) is 17.8 Å². The highest BCUT2D eigenvalue weighted by atomic mass is 16.2. The van der Waals surface area contributed by atoms with Crippen LogP contribution in [0.4, 0.5) is 0 Å². The van der Waals surface area contributed by atoms with Crippen molar-refractivity contribution in [2.75, 3.05) is 19.6 Å². The van der Waals surface area contributed by atoms with Crippen LogP contribution in [0.15, 0.2) is 54.6 Å². The number of aromatic nitrogens is 1. The van der Waals surface area contributed by atoms with Crippen molar-refractivity contribution in [1.82, 2.24) is 14.8 Å². The molecule has 3 heterocycles. The number of carbonyl (C=O) groups is 1. The number of carbonyl (C=O) groups excluding carboxylic acids is 1. The van der Waals surface area contributed by atoms with E-state index < -0.39 is 0 Å². The van der Waals surface area contributed by atoms with Crippen LogP contribution in [-0.2, 0) is 4.79 Å². The van der Waals surface area contributed by atoms with Crippen molar-refractivity contribution in [3.8, 4) is 0 Å². The second kappa shape index (κ2) is 6.33. The van der Waals surface area contributed by atoms with Gasteiger partial charge in [-0.25, -0.2) is 0 Å². The maximum Gasteiger partial charge on any atom is 0.240 e. The molecule has 2 aliphatic heterocycles. The first-order valence-corrected chi connectivity index (χ1v) is 10.7. The fraction of sp³-hybridized carbons (Fsp3) is 0.320. The Hall–Kier alpha value is -2.85. The van der Waals surface area contributed by atoms with Crippen LogP contribution < -0.4 is 0 Å². The van der Waals surface area contributed by atoms with Crippen molar-refractivity contribution in [1.29, 1.82) is 0 Å². The SMILES string of the molecule is CCCN1CCN2[C@@H](c3ccccc3)C3=C(C[C@H]2C1=O)c1c3[nH]c2ccccc12. The first-order chi connectivity index (χ1) is 14.3. The number of nitrogens with one attached hydrogen (secondary N) is 1. The van der Waals surface area contributed by atoms with E-state index in [-0.39, 0.29) is 12.1 Å². The quantitative estimate of drug-likeness (QED) is 0.725. The van der Waals surface area contributed by atoms with Gasteiger partial charge in [-0.05, 0) is 30.0 Å². The van der Waals surface area contributed by atoms with Crippen LogP contribution in [-0.4, -0.2) is 46.4 Å². The van der Waals surface area contributed by atoms with E-state index in [4.69, 9.17) is 0 Å². The smallest absolute Gasteiger partial charge is 0.240 e. The van der Waals surface area contributed by atoms with E-state index in [1.54, 1.807) is 0 Å². The van der Waals surface area contributed by atoms with Crippen LogP contribution in [0.1, 0.15) is 42.6 Å². The summed E-state index contributed by atoms with van der Waals surface area (Å²) in [4.78, 5) is 21.6. The number of rotatable bonds is 3. The summed E-state index contributed by atoms with van der Waals surface area (Å²) in [7, 11) is 0. The first-order valence-electron chi connectivity index (χ1n) is 10.7. The van der Waals surface area contributed by atoms with Gasteiger partial charge in [0.1, 0.15) is 0 Å². The van der Waals surface area contributed by atoms with Gasteiger partial charge in [-0.1, -0.05) is 55.5 Å². The molecular formula is C25H25N3O. The summed E-state index contributed by atoms with van der Waals surface area (Å²) in [5, 5.41) is 1.29. The maximum atomic E-state index is 13.4. The maximum absolute atomic E-state index is 13.4. The van der Waals surface area contributed by atoms with E-state index >= 15 is 0 Å². The Bertz CT molecular complexity index is 1140. The molecule has 1 N–H and O–H groups in total. The Kier molecular flexibility index (Phi) is 3.72. The minimum Gasteiger partial charge on any atom is -0.354 e. The van der Waals surface area contributed by atoms with Gasteiger partial charge >= 0.3 is 0 Å². The van der Waals surface area contributed by atoms with Gasteiger partial charge in [-0.2, -0.15) is 0 Å². The molecular weight excluding hydrogens is 358 g/mol. The summed E-state index contributed by atoms with van der Waals surface area (Å²) >= 11 is 0. The minimum atomic E-state index is -0.0546. The average Bonchev–Trinajstić information content (AvgIpc) is 3.08. The number of amides is 1. The number of benzene rings is 2. The molecule has 2 aromatic carbocycles. The number of nitrogens with zero attached hydrogens (tertiary/aromatic N) is 2. The van der Waals surface area contributed by atoms with E-state index in [1.807, 2.05) is 0 Å². The zero-order chi connectivity index (χ0) is 19.5. The van der Waals surface area contributed by atoms with Gasteiger partial charge in [-0.15, -0.1) is 0 Å². The molecule has 2 atom stereocenters. The fourth-order valence-corrected chi connectivity index (χ4v) is 5.61. The molecule has 0 bridgehead atoms. The summed E-state index contributed by atoms with van der Waals surface area (Å²) in [6, 6.07) is 19.3. The molecule has 3 aromatic rings. The number of aromatic amines is 1. The topological polar surface area (TPSA) is 39.3 Å². The van der Waals surface area contributed by atoms with Crippen molar-refractivity contribution in [2.45, 2.75) is 31.8 Å². The summed E-state index contributed by atoms with van der Waals surface area (Å²) in [5.41, 5.74) is 7.88. The van der Waals surface area contributed by atoms with Crippen LogP contribution in [0.3, 0.4) is 0 Å². The van der Waals surface area contributed by atoms with Gasteiger partial charge in [0.15, 0.2) is 0 Å². The zero-order valence-electron chi connectivity index (χ0n) is 16.7. The van der Waals surface area contributed by atoms with Gasteiger partial charge < -0.3 is 9.88 Å². The summed E-state index contributed by atoms with van der Waals surface area (Å²) in [6.45, 7) is 4.78. The second-order valence-corrected chi connectivity index (χ2v) is 8.41. The van der Waals surface area contributed by atoms with E-state index in [0.717, 1.165) is 32.5 Å². The Morgan fingerprint density at radius 3 is 2.66 bits per heavy atom. The second-order valence-electron chi connectivity index (χ2n) is 8.41. The molecule has 4 heteroatoms. The third-order valence-corrected chi connectivity index (χ3v) is 6.84. The van der Waals surface area contributed by atoms with Crippen LogP contribution in [0.25, 0.3) is 22.0 Å². The Morgan fingerprint density at radius 2 is 1.83 bits per heavy atom. The largest absolute Gasteiger partial charge is 0.354 e. The first kappa shape index (κ1) is 17.0. The highest BCUT2D eigenvalue weighted by molar-refractivity contribution is 6.15. The lowest BCUT2D eigenvalue weighted by Gasteiger charge is -2.51. The molecule has 1 amide bonds. The van der Waals surface area contributed by atoms with E-state index in [2.05, 4.69) is 76.3 Å². The number of para-hydroxylation sites is 1. The monoisotopic (exact) mass is 383 g/mol. The lowest BCUT2D eigenvalue weighted by molar-refractivity contribution is -0.142. The summed E-state index contributed by atoms with van der Waals surface area (Å²) < 4.78 is 0. The van der Waals surface area contributed by atoms with Crippen molar-refractivity contribution in [2.24, 2.45) is 0 Å². The standard InChI is InChI=1S/C25H25N3O/c1-2-12-27-13-14-28-20(25(27)29)15-18-21-17-10-6-7-11-19(17)26-23(21)22(18)24(28)16-8-4-3-5-9-16/h3-11,20,24,26H,2,12-15H2,1H3/t20-,24-/m0/s1. The number of fused-ring (bicyclic) bond motifs is 6. The molecule has 0 spiro atoms. The fourth-order valence-electron chi connectivity index (χ4n) is 5.61. The summed E-state index contributed by atoms with van der Waals surface area (Å²) in [6.07, 6.45) is 1.84. The van der Waals surface area contributed by atoms with Crippen LogP contribution in [0, 0.1) is 0 Å². The molecule has 0 saturated carbocycles. The number of hydrogen-bond donors (Lipinski definition) is 1. The molecule has 1 aromatic heterocycles. The van der Waals surface area contributed by atoms with Crippen molar-refractivity contribution in [3.63, 3.8) is 0 Å². The molecule has 1 fully saturated rings. The average molecular weight is 383 g/mol. The molecule has 3 aliphatic rings. The third kappa shape index (κ3) is 2.32. The van der Waals surface area contributed by atoms with Gasteiger partial charge in [0, 0.05) is 41.7 Å². The molecule has 1 saturated heterocycles. The van der Waals surface area contributed by atoms with Gasteiger partial charge in [-0.3, -0.25) is 9.69 Å². The van der Waals surface area contributed by atoms with Gasteiger partial charge in [0.2, 0.25) is 5.91 Å². The lowest BCUT2D eigenvalue weighted by atomic mass is 9.71. The molecule has 4 nitrogen and oxygen atoms in total. The Labute approximate surface area is 170 Å². The molecule has 29 heavy (non-hydrogen) atoms. The van der Waals surface area contributed by atoms with Crippen LogP contribution in [0.2, 0.25) is 0 Å². The van der Waals surface area contributed by atoms with E-state index in [9.17, 15) is 4.79 Å². The summed E-state index contributed by atoms with van der Waals surface area (Å²) in [5.74, 6) is 0.305. The highest BCUT2D eigenvalue weighted by Crippen LogP contribution is 2.57. The number of hydrogen-bond acceptors (Lipinski definition) is 2. The molecule has 0 unspecified atom stereocenters. The predicted molar refractivity (Wildman–Crippen MR) is 116 cm³/mol. The highest BCUT2D eigenvalue weighted by Gasteiger charge is 2.49.